The fraction of sp³-hybridized carbons (Fsp3) is 0.176. The first-order valence-electron chi connectivity index (χ1n) is 7.00. The van der Waals surface area contributed by atoms with Crippen LogP contribution in [0.4, 0.5) is 10.1 Å². The Morgan fingerprint density at radius 1 is 1.27 bits per heavy atom. The minimum absolute atomic E-state index is 0.111. The number of phenols is 1. The second-order valence-electron chi connectivity index (χ2n) is 5.27. The Labute approximate surface area is 127 Å². The number of hydrogen-bond donors (Lipinski definition) is 2. The Balaban J connectivity index is 1.76. The first-order valence-corrected chi connectivity index (χ1v) is 7.00. The number of anilines is 1. The second kappa shape index (κ2) is 5.97. The number of aromatic hydroxyl groups is 1. The van der Waals surface area contributed by atoms with E-state index in [4.69, 9.17) is 0 Å². The van der Waals surface area contributed by atoms with E-state index in [1.54, 1.807) is 18.3 Å². The van der Waals surface area contributed by atoms with Gasteiger partial charge in [-0.1, -0.05) is 12.2 Å². The van der Waals surface area contributed by atoms with Gasteiger partial charge in [0.25, 0.3) is 0 Å². The Kier molecular flexibility index (Phi) is 3.87. The van der Waals surface area contributed by atoms with Crippen molar-refractivity contribution in [2.45, 2.75) is 12.3 Å². The van der Waals surface area contributed by atoms with Gasteiger partial charge in [-0.15, -0.1) is 0 Å². The standard InChI is InChI=1S/C17H15FN2O2/c18-12-8-11(9-19-10-12)15-2-1-3-16(15)17(22)20-13-4-6-14(21)7-5-13/h1,3-10,15-16,21H,2H2,(H,20,22). The molecule has 0 saturated heterocycles. The van der Waals surface area contributed by atoms with Gasteiger partial charge in [-0.25, -0.2) is 4.39 Å². The van der Waals surface area contributed by atoms with Gasteiger partial charge >= 0.3 is 0 Å². The predicted molar refractivity (Wildman–Crippen MR) is 80.9 cm³/mol. The van der Waals surface area contributed by atoms with E-state index in [1.807, 2.05) is 12.2 Å². The van der Waals surface area contributed by atoms with Crippen molar-refractivity contribution in [1.82, 2.24) is 4.98 Å². The summed E-state index contributed by atoms with van der Waals surface area (Å²) in [6.45, 7) is 0. The summed E-state index contributed by atoms with van der Waals surface area (Å²) in [5.74, 6) is -0.893. The smallest absolute Gasteiger partial charge is 0.231 e. The first kappa shape index (κ1) is 14.3. The Morgan fingerprint density at radius 2 is 2.05 bits per heavy atom. The molecule has 1 aliphatic carbocycles. The molecular weight excluding hydrogens is 283 g/mol. The summed E-state index contributed by atoms with van der Waals surface area (Å²) < 4.78 is 13.3. The molecule has 1 aromatic heterocycles. The van der Waals surface area contributed by atoms with E-state index in [1.165, 1.54) is 18.2 Å². The number of nitrogens with zero attached hydrogens (tertiary/aromatic N) is 1. The molecule has 0 bridgehead atoms. The molecule has 4 nitrogen and oxygen atoms in total. The molecule has 1 aromatic carbocycles. The quantitative estimate of drug-likeness (QED) is 0.675. The molecule has 112 valence electrons. The first-order chi connectivity index (χ1) is 10.6. The molecule has 0 aliphatic heterocycles. The lowest BCUT2D eigenvalue weighted by Crippen LogP contribution is -2.24. The maximum atomic E-state index is 13.3. The van der Waals surface area contributed by atoms with E-state index < -0.39 is 5.82 Å². The second-order valence-corrected chi connectivity index (χ2v) is 5.27. The lowest BCUT2D eigenvalue weighted by molar-refractivity contribution is -0.118. The van der Waals surface area contributed by atoms with Gasteiger partial charge in [-0.05, 0) is 42.3 Å². The van der Waals surface area contributed by atoms with Crippen molar-refractivity contribution in [1.29, 1.82) is 0 Å². The number of amides is 1. The molecule has 0 fully saturated rings. The lowest BCUT2D eigenvalue weighted by atomic mass is 9.88. The number of halogens is 1. The summed E-state index contributed by atoms with van der Waals surface area (Å²) in [7, 11) is 0. The zero-order valence-corrected chi connectivity index (χ0v) is 11.7. The van der Waals surface area contributed by atoms with Gasteiger partial charge in [0.15, 0.2) is 0 Å². The van der Waals surface area contributed by atoms with Gasteiger partial charge in [-0.3, -0.25) is 9.78 Å². The van der Waals surface area contributed by atoms with Crippen molar-refractivity contribution in [2.75, 3.05) is 5.32 Å². The Hall–Kier alpha value is -2.69. The van der Waals surface area contributed by atoms with Crippen LogP contribution in [0.3, 0.4) is 0 Å². The fourth-order valence-corrected chi connectivity index (χ4v) is 2.67. The molecule has 1 heterocycles. The van der Waals surface area contributed by atoms with Crippen molar-refractivity contribution >= 4 is 11.6 Å². The van der Waals surface area contributed by atoms with Gasteiger partial charge in [0, 0.05) is 17.8 Å². The molecule has 5 heteroatoms. The van der Waals surface area contributed by atoms with Crippen LogP contribution < -0.4 is 5.32 Å². The van der Waals surface area contributed by atoms with Gasteiger partial charge in [0.2, 0.25) is 5.91 Å². The number of nitrogens with one attached hydrogen (secondary N) is 1. The van der Waals surface area contributed by atoms with Crippen LogP contribution in [0.2, 0.25) is 0 Å². The number of carbonyl (C=O) groups is 1. The van der Waals surface area contributed by atoms with E-state index in [2.05, 4.69) is 10.3 Å². The van der Waals surface area contributed by atoms with Gasteiger partial charge in [-0.2, -0.15) is 0 Å². The van der Waals surface area contributed by atoms with E-state index in [0.29, 0.717) is 12.1 Å². The van der Waals surface area contributed by atoms with Crippen molar-refractivity contribution < 1.29 is 14.3 Å². The average Bonchev–Trinajstić information content (AvgIpc) is 2.99. The summed E-state index contributed by atoms with van der Waals surface area (Å²) in [5.41, 5.74) is 1.33. The molecule has 2 unspecified atom stereocenters. The third-order valence-electron chi connectivity index (χ3n) is 3.76. The largest absolute Gasteiger partial charge is 0.508 e. The van der Waals surface area contributed by atoms with Crippen LogP contribution in [-0.2, 0) is 4.79 Å². The number of aromatic nitrogens is 1. The predicted octanol–water partition coefficient (Wildman–Crippen LogP) is 3.22. The third-order valence-corrected chi connectivity index (χ3v) is 3.76. The molecular formula is C17H15FN2O2. The third kappa shape index (κ3) is 2.98. The van der Waals surface area contributed by atoms with Crippen LogP contribution in [0.1, 0.15) is 17.9 Å². The fourth-order valence-electron chi connectivity index (χ4n) is 2.67. The van der Waals surface area contributed by atoms with E-state index in [-0.39, 0.29) is 23.5 Å². The molecule has 0 radical (unpaired) electrons. The monoisotopic (exact) mass is 298 g/mol. The molecule has 2 atom stereocenters. The highest BCUT2D eigenvalue weighted by Gasteiger charge is 2.30. The summed E-state index contributed by atoms with van der Waals surface area (Å²) in [5, 5.41) is 12.1. The molecule has 0 saturated carbocycles. The molecule has 0 spiro atoms. The van der Waals surface area contributed by atoms with E-state index in [9.17, 15) is 14.3 Å². The minimum atomic E-state index is -0.401. The molecule has 1 amide bonds. The van der Waals surface area contributed by atoms with Gasteiger partial charge < -0.3 is 10.4 Å². The van der Waals surface area contributed by atoms with Crippen molar-refractivity contribution in [3.8, 4) is 5.75 Å². The number of rotatable bonds is 3. The maximum absolute atomic E-state index is 13.3. The SMILES string of the molecule is O=C(Nc1ccc(O)cc1)C1C=CCC1c1cncc(F)c1. The molecule has 2 aromatic rings. The zero-order valence-electron chi connectivity index (χ0n) is 11.7. The summed E-state index contributed by atoms with van der Waals surface area (Å²) in [6, 6.07) is 7.70. The number of phenolic OH excluding ortho intramolecular Hbond substituents is 1. The number of benzene rings is 1. The molecule has 3 rings (SSSR count). The van der Waals surface area contributed by atoms with Crippen LogP contribution >= 0.6 is 0 Å². The Morgan fingerprint density at radius 3 is 2.77 bits per heavy atom. The van der Waals surface area contributed by atoms with Gasteiger partial charge in [0.05, 0.1) is 12.1 Å². The normalized spacial score (nSPS) is 20.0. The van der Waals surface area contributed by atoms with Crippen LogP contribution in [0.5, 0.6) is 5.75 Å². The number of hydrogen-bond acceptors (Lipinski definition) is 3. The highest BCUT2D eigenvalue weighted by molar-refractivity contribution is 5.94. The molecule has 2 N–H and O–H groups in total. The van der Waals surface area contributed by atoms with Crippen molar-refractivity contribution in [3.63, 3.8) is 0 Å². The number of carbonyl (C=O) groups excluding carboxylic acids is 1. The highest BCUT2D eigenvalue weighted by atomic mass is 19.1. The Bertz CT molecular complexity index is 713. The number of pyridine rings is 1. The van der Waals surface area contributed by atoms with Crippen molar-refractivity contribution in [2.24, 2.45) is 5.92 Å². The van der Waals surface area contributed by atoms with Crippen molar-refractivity contribution in [3.05, 3.63) is 66.3 Å². The van der Waals surface area contributed by atoms with E-state index >= 15 is 0 Å². The summed E-state index contributed by atoms with van der Waals surface area (Å²) in [6.07, 6.45) is 7.19. The van der Waals surface area contributed by atoms with Crippen LogP contribution in [-0.4, -0.2) is 16.0 Å². The van der Waals surface area contributed by atoms with E-state index in [0.717, 1.165) is 11.8 Å². The van der Waals surface area contributed by atoms with Gasteiger partial charge in [0.1, 0.15) is 11.6 Å². The zero-order chi connectivity index (χ0) is 15.5. The van der Waals surface area contributed by atoms with Crippen LogP contribution in [0.25, 0.3) is 0 Å². The highest BCUT2D eigenvalue weighted by Crippen LogP contribution is 2.35. The minimum Gasteiger partial charge on any atom is -0.508 e. The summed E-state index contributed by atoms with van der Waals surface area (Å²) in [4.78, 5) is 16.3. The van der Waals surface area contributed by atoms with Crippen LogP contribution in [0, 0.1) is 11.7 Å². The molecule has 1 aliphatic rings. The average molecular weight is 298 g/mol. The van der Waals surface area contributed by atoms with Crippen LogP contribution in [0.15, 0.2) is 54.9 Å². The molecule has 22 heavy (non-hydrogen) atoms. The summed E-state index contributed by atoms with van der Waals surface area (Å²) >= 11 is 0. The number of allylic oxidation sites excluding steroid dienone is 1. The maximum Gasteiger partial charge on any atom is 0.231 e. The lowest BCUT2D eigenvalue weighted by Gasteiger charge is -2.19. The topological polar surface area (TPSA) is 62.2 Å².